The fourth-order valence-electron chi connectivity index (χ4n) is 2.29. The fraction of sp³-hybridized carbons (Fsp3) is 0.375. The first kappa shape index (κ1) is 17.2. The van der Waals surface area contributed by atoms with Gasteiger partial charge in [0.05, 0.1) is 10.6 Å². The first-order valence-electron chi connectivity index (χ1n) is 7.28. The molecule has 0 aliphatic rings. The third kappa shape index (κ3) is 4.41. The summed E-state index contributed by atoms with van der Waals surface area (Å²) in [5.74, 6) is -0.175. The van der Waals surface area contributed by atoms with E-state index in [2.05, 4.69) is 10.4 Å². The van der Waals surface area contributed by atoms with Crippen molar-refractivity contribution in [1.29, 1.82) is 0 Å². The lowest BCUT2D eigenvalue weighted by Gasteiger charge is -2.10. The maximum atomic E-state index is 12.1. The summed E-state index contributed by atoms with van der Waals surface area (Å²) >= 11 is 0. The van der Waals surface area contributed by atoms with E-state index in [1.165, 1.54) is 12.1 Å². The zero-order valence-corrected chi connectivity index (χ0v) is 14.6. The van der Waals surface area contributed by atoms with Crippen LogP contribution in [0.2, 0.25) is 0 Å². The summed E-state index contributed by atoms with van der Waals surface area (Å²) < 4.78 is 25.0. The molecule has 0 saturated heterocycles. The average molecular weight is 335 g/mol. The van der Waals surface area contributed by atoms with Crippen LogP contribution in [0.3, 0.4) is 0 Å². The molecule has 0 fully saturated rings. The zero-order valence-electron chi connectivity index (χ0n) is 13.8. The molecule has 1 heterocycles. The van der Waals surface area contributed by atoms with Crippen molar-refractivity contribution in [2.24, 2.45) is 0 Å². The van der Waals surface area contributed by atoms with E-state index in [1.54, 1.807) is 10.7 Å². The molecule has 0 aliphatic carbocycles. The highest BCUT2D eigenvalue weighted by molar-refractivity contribution is 7.90. The van der Waals surface area contributed by atoms with E-state index in [0.29, 0.717) is 12.2 Å². The Kier molecular flexibility index (Phi) is 4.89. The van der Waals surface area contributed by atoms with Gasteiger partial charge in [-0.3, -0.25) is 9.48 Å². The van der Waals surface area contributed by atoms with E-state index in [9.17, 15) is 13.2 Å². The minimum Gasteiger partial charge on any atom is -0.326 e. The smallest absolute Gasteiger partial charge is 0.226 e. The standard InChI is InChI=1S/C16H21N3O3S/c1-11-5-6-14(23(4,21)22)10-15(11)17-16(20)7-8-19-13(3)9-12(2)18-19/h5-6,9-10H,7-8H2,1-4H3,(H,17,20). The molecule has 0 saturated carbocycles. The van der Waals surface area contributed by atoms with E-state index in [1.807, 2.05) is 26.8 Å². The lowest BCUT2D eigenvalue weighted by molar-refractivity contribution is -0.116. The SMILES string of the molecule is Cc1cc(C)n(CCC(=O)Nc2cc(S(C)(=O)=O)ccc2C)n1. The van der Waals surface area contributed by atoms with Crippen LogP contribution in [0.5, 0.6) is 0 Å². The summed E-state index contributed by atoms with van der Waals surface area (Å²) in [6.45, 7) is 6.15. The monoisotopic (exact) mass is 335 g/mol. The summed E-state index contributed by atoms with van der Waals surface area (Å²) in [6, 6.07) is 6.67. The van der Waals surface area contributed by atoms with Crippen LogP contribution in [0.1, 0.15) is 23.4 Å². The Balaban J connectivity index is 2.07. The number of aryl methyl sites for hydroxylation is 4. The van der Waals surface area contributed by atoms with Crippen LogP contribution in [0.25, 0.3) is 0 Å². The first-order chi connectivity index (χ1) is 10.7. The van der Waals surface area contributed by atoms with Crippen molar-refractivity contribution in [2.45, 2.75) is 38.6 Å². The minimum atomic E-state index is -3.30. The third-order valence-electron chi connectivity index (χ3n) is 3.57. The van der Waals surface area contributed by atoms with Gasteiger partial charge in [-0.25, -0.2) is 8.42 Å². The van der Waals surface area contributed by atoms with Gasteiger partial charge >= 0.3 is 0 Å². The quantitative estimate of drug-likeness (QED) is 0.908. The van der Waals surface area contributed by atoms with Gasteiger partial charge in [-0.15, -0.1) is 0 Å². The number of hydrogen-bond acceptors (Lipinski definition) is 4. The number of nitrogens with zero attached hydrogens (tertiary/aromatic N) is 2. The summed E-state index contributed by atoms with van der Waals surface area (Å²) in [5, 5.41) is 7.09. The Hall–Kier alpha value is -2.15. The molecular formula is C16H21N3O3S. The molecule has 0 bridgehead atoms. The Morgan fingerprint density at radius 3 is 2.48 bits per heavy atom. The van der Waals surface area contributed by atoms with Gasteiger partial charge in [0.15, 0.2) is 9.84 Å². The number of nitrogens with one attached hydrogen (secondary N) is 1. The second kappa shape index (κ2) is 6.54. The van der Waals surface area contributed by atoms with Crippen LogP contribution in [0, 0.1) is 20.8 Å². The van der Waals surface area contributed by atoms with Crippen molar-refractivity contribution in [3.05, 3.63) is 41.2 Å². The van der Waals surface area contributed by atoms with E-state index in [0.717, 1.165) is 23.2 Å². The lowest BCUT2D eigenvalue weighted by Crippen LogP contribution is -2.16. The molecule has 7 heteroatoms. The number of sulfone groups is 1. The average Bonchev–Trinajstić information content (AvgIpc) is 2.76. The fourth-order valence-corrected chi connectivity index (χ4v) is 2.94. The number of benzene rings is 1. The molecule has 0 unspecified atom stereocenters. The van der Waals surface area contributed by atoms with Crippen molar-refractivity contribution < 1.29 is 13.2 Å². The van der Waals surface area contributed by atoms with Crippen molar-refractivity contribution in [2.75, 3.05) is 11.6 Å². The van der Waals surface area contributed by atoms with Gasteiger partial charge in [-0.05, 0) is 44.5 Å². The number of carbonyl (C=O) groups excluding carboxylic acids is 1. The molecule has 1 aromatic carbocycles. The van der Waals surface area contributed by atoms with E-state index in [4.69, 9.17) is 0 Å². The molecule has 1 N–H and O–H groups in total. The molecule has 0 atom stereocenters. The highest BCUT2D eigenvalue weighted by Crippen LogP contribution is 2.20. The zero-order chi connectivity index (χ0) is 17.2. The lowest BCUT2D eigenvalue weighted by atomic mass is 10.2. The minimum absolute atomic E-state index is 0.175. The molecule has 2 aromatic rings. The van der Waals surface area contributed by atoms with Gasteiger partial charge in [0.2, 0.25) is 5.91 Å². The molecule has 0 aliphatic heterocycles. The molecular weight excluding hydrogens is 314 g/mol. The molecule has 6 nitrogen and oxygen atoms in total. The molecule has 0 radical (unpaired) electrons. The summed E-state index contributed by atoms with van der Waals surface area (Å²) in [4.78, 5) is 12.3. The highest BCUT2D eigenvalue weighted by Gasteiger charge is 2.12. The van der Waals surface area contributed by atoms with Crippen LogP contribution >= 0.6 is 0 Å². The molecule has 1 aromatic heterocycles. The second-order valence-electron chi connectivity index (χ2n) is 5.70. The number of amides is 1. The maximum Gasteiger partial charge on any atom is 0.226 e. The Labute approximate surface area is 136 Å². The van der Waals surface area contributed by atoms with Crippen molar-refractivity contribution in [3.63, 3.8) is 0 Å². The predicted octanol–water partition coefficient (Wildman–Crippen LogP) is 2.24. The normalized spacial score (nSPS) is 11.5. The molecule has 0 spiro atoms. The number of hydrogen-bond donors (Lipinski definition) is 1. The largest absolute Gasteiger partial charge is 0.326 e. The van der Waals surface area contributed by atoms with E-state index < -0.39 is 9.84 Å². The third-order valence-corrected chi connectivity index (χ3v) is 4.68. The second-order valence-corrected chi connectivity index (χ2v) is 7.71. The van der Waals surface area contributed by atoms with Crippen LogP contribution in [0.4, 0.5) is 5.69 Å². The molecule has 23 heavy (non-hydrogen) atoms. The summed E-state index contributed by atoms with van der Waals surface area (Å²) in [6.07, 6.45) is 1.41. The summed E-state index contributed by atoms with van der Waals surface area (Å²) in [7, 11) is -3.30. The number of aromatic nitrogens is 2. The molecule has 2 rings (SSSR count). The van der Waals surface area contributed by atoms with Crippen molar-refractivity contribution in [1.82, 2.24) is 9.78 Å². The van der Waals surface area contributed by atoms with E-state index in [-0.39, 0.29) is 17.2 Å². The van der Waals surface area contributed by atoms with Crippen molar-refractivity contribution >= 4 is 21.4 Å². The van der Waals surface area contributed by atoms with Crippen molar-refractivity contribution in [3.8, 4) is 0 Å². The van der Waals surface area contributed by atoms with Gasteiger partial charge in [0.25, 0.3) is 0 Å². The van der Waals surface area contributed by atoms with Crippen LogP contribution in [-0.2, 0) is 21.2 Å². The number of carbonyl (C=O) groups is 1. The van der Waals surface area contributed by atoms with Gasteiger partial charge in [-0.1, -0.05) is 6.07 Å². The number of anilines is 1. The van der Waals surface area contributed by atoms with Crippen LogP contribution in [0.15, 0.2) is 29.2 Å². The van der Waals surface area contributed by atoms with Gasteiger partial charge < -0.3 is 5.32 Å². The number of rotatable bonds is 5. The first-order valence-corrected chi connectivity index (χ1v) is 9.17. The van der Waals surface area contributed by atoms with Crippen LogP contribution < -0.4 is 5.32 Å². The van der Waals surface area contributed by atoms with Gasteiger partial charge in [0, 0.05) is 30.6 Å². The van der Waals surface area contributed by atoms with E-state index >= 15 is 0 Å². The van der Waals surface area contributed by atoms with Crippen LogP contribution in [-0.4, -0.2) is 30.4 Å². The maximum absolute atomic E-state index is 12.1. The summed E-state index contributed by atoms with van der Waals surface area (Å²) in [5.41, 5.74) is 3.26. The molecule has 124 valence electrons. The Morgan fingerprint density at radius 1 is 1.22 bits per heavy atom. The molecule has 1 amide bonds. The van der Waals surface area contributed by atoms with Gasteiger partial charge in [-0.2, -0.15) is 5.10 Å². The predicted molar refractivity (Wildman–Crippen MR) is 89.2 cm³/mol. The topological polar surface area (TPSA) is 81.1 Å². The Morgan fingerprint density at radius 2 is 1.91 bits per heavy atom. The Bertz CT molecular complexity index is 838. The van der Waals surface area contributed by atoms with Gasteiger partial charge in [0.1, 0.15) is 0 Å². The highest BCUT2D eigenvalue weighted by atomic mass is 32.2.